The highest BCUT2D eigenvalue weighted by Gasteiger charge is 2.08. The SMILES string of the molecule is Cc1cc(Sc2nc(C)c(C)c(C)n2)nc(NN)n1. The Bertz CT molecular complexity index is 590. The number of nitrogen functional groups attached to an aromatic ring is 1. The van der Waals surface area contributed by atoms with E-state index in [1.165, 1.54) is 11.8 Å². The van der Waals surface area contributed by atoms with Crippen LogP contribution in [0.1, 0.15) is 22.6 Å². The van der Waals surface area contributed by atoms with E-state index in [4.69, 9.17) is 5.84 Å². The fourth-order valence-electron chi connectivity index (χ4n) is 1.54. The van der Waals surface area contributed by atoms with E-state index in [2.05, 4.69) is 25.4 Å². The highest BCUT2D eigenvalue weighted by Crippen LogP contribution is 2.25. The summed E-state index contributed by atoms with van der Waals surface area (Å²) in [5.74, 6) is 5.73. The molecule has 0 atom stereocenters. The summed E-state index contributed by atoms with van der Waals surface area (Å²) in [6.07, 6.45) is 0. The Hall–Kier alpha value is -1.73. The van der Waals surface area contributed by atoms with Crippen LogP contribution in [0.4, 0.5) is 5.95 Å². The molecule has 0 aliphatic rings. The third kappa shape index (κ3) is 3.18. The second kappa shape index (κ2) is 5.50. The van der Waals surface area contributed by atoms with E-state index in [-0.39, 0.29) is 0 Å². The molecule has 0 saturated carbocycles. The largest absolute Gasteiger partial charge is 0.292 e. The molecule has 0 fully saturated rings. The van der Waals surface area contributed by atoms with Crippen molar-refractivity contribution < 1.29 is 0 Å². The lowest BCUT2D eigenvalue weighted by atomic mass is 10.2. The first-order valence-corrected chi connectivity index (χ1v) is 6.63. The van der Waals surface area contributed by atoms with E-state index in [1.54, 1.807) is 0 Å². The second-order valence-electron chi connectivity index (χ2n) is 4.22. The van der Waals surface area contributed by atoms with Gasteiger partial charge in [0.25, 0.3) is 0 Å². The van der Waals surface area contributed by atoms with Crippen molar-refractivity contribution in [2.24, 2.45) is 5.84 Å². The summed E-state index contributed by atoms with van der Waals surface area (Å²) in [7, 11) is 0. The number of nitrogens with zero attached hydrogens (tertiary/aromatic N) is 4. The molecule has 6 nitrogen and oxygen atoms in total. The molecule has 2 aromatic rings. The number of nitrogens with two attached hydrogens (primary N) is 1. The van der Waals surface area contributed by atoms with E-state index < -0.39 is 0 Å². The summed E-state index contributed by atoms with van der Waals surface area (Å²) < 4.78 is 0. The van der Waals surface area contributed by atoms with Crippen LogP contribution in [-0.2, 0) is 0 Å². The van der Waals surface area contributed by atoms with Gasteiger partial charge < -0.3 is 0 Å². The van der Waals surface area contributed by atoms with Crippen LogP contribution < -0.4 is 11.3 Å². The van der Waals surface area contributed by atoms with Crippen LogP contribution in [0.2, 0.25) is 0 Å². The van der Waals surface area contributed by atoms with Crippen LogP contribution in [0.3, 0.4) is 0 Å². The molecule has 0 unspecified atom stereocenters. The average Bonchev–Trinajstić information content (AvgIpc) is 2.35. The summed E-state index contributed by atoms with van der Waals surface area (Å²) in [5, 5.41) is 1.45. The van der Waals surface area contributed by atoms with Crippen LogP contribution in [0.5, 0.6) is 0 Å². The number of aromatic nitrogens is 4. The van der Waals surface area contributed by atoms with Gasteiger partial charge in [-0.2, -0.15) is 0 Å². The summed E-state index contributed by atoms with van der Waals surface area (Å²) in [6.45, 7) is 7.86. The van der Waals surface area contributed by atoms with Crippen LogP contribution in [0.15, 0.2) is 16.2 Å². The fourth-order valence-corrected chi connectivity index (χ4v) is 2.45. The number of hydrogen-bond donors (Lipinski definition) is 2. The van der Waals surface area contributed by atoms with Gasteiger partial charge in [-0.05, 0) is 51.1 Å². The van der Waals surface area contributed by atoms with Crippen LogP contribution >= 0.6 is 11.8 Å². The minimum absolute atomic E-state index is 0.392. The summed E-state index contributed by atoms with van der Waals surface area (Å²) in [6, 6.07) is 1.87. The number of nitrogens with one attached hydrogen (secondary N) is 1. The quantitative estimate of drug-likeness (QED) is 0.383. The highest BCUT2D eigenvalue weighted by atomic mass is 32.2. The minimum atomic E-state index is 0.392. The van der Waals surface area contributed by atoms with Gasteiger partial charge in [0.2, 0.25) is 5.95 Å². The third-order valence-corrected chi connectivity index (χ3v) is 3.55. The zero-order valence-corrected chi connectivity index (χ0v) is 12.2. The zero-order chi connectivity index (χ0) is 14.0. The standard InChI is InChI=1S/C12H16N6S/c1-6-5-10(17-11(14-6)18-13)19-12-15-8(3)7(2)9(4)16-12/h5H,13H2,1-4H3,(H,14,17,18). The van der Waals surface area contributed by atoms with Crippen molar-refractivity contribution in [1.82, 2.24) is 19.9 Å². The molecule has 0 saturated heterocycles. The fraction of sp³-hybridized carbons (Fsp3) is 0.333. The Morgan fingerprint density at radius 1 is 1.00 bits per heavy atom. The Morgan fingerprint density at radius 3 is 2.21 bits per heavy atom. The van der Waals surface area contributed by atoms with Crippen LogP contribution in [0, 0.1) is 27.7 Å². The maximum Gasteiger partial charge on any atom is 0.238 e. The number of aryl methyl sites for hydroxylation is 3. The lowest BCUT2D eigenvalue weighted by molar-refractivity contribution is 0.876. The first-order valence-electron chi connectivity index (χ1n) is 5.81. The summed E-state index contributed by atoms with van der Waals surface area (Å²) >= 11 is 1.40. The van der Waals surface area contributed by atoms with Crippen molar-refractivity contribution in [1.29, 1.82) is 0 Å². The Labute approximate surface area is 116 Å². The minimum Gasteiger partial charge on any atom is -0.292 e. The molecule has 3 N–H and O–H groups in total. The monoisotopic (exact) mass is 276 g/mol. The molecular weight excluding hydrogens is 260 g/mol. The molecule has 0 spiro atoms. The van der Waals surface area contributed by atoms with Gasteiger partial charge >= 0.3 is 0 Å². The number of rotatable bonds is 3. The Morgan fingerprint density at radius 2 is 1.63 bits per heavy atom. The van der Waals surface area contributed by atoms with Crippen LogP contribution in [0.25, 0.3) is 0 Å². The van der Waals surface area contributed by atoms with E-state index in [1.807, 2.05) is 33.8 Å². The topological polar surface area (TPSA) is 89.6 Å². The van der Waals surface area contributed by atoms with Crippen molar-refractivity contribution in [2.75, 3.05) is 5.43 Å². The van der Waals surface area contributed by atoms with E-state index in [0.717, 1.165) is 27.7 Å². The van der Waals surface area contributed by atoms with Gasteiger partial charge in [0.05, 0.1) is 0 Å². The summed E-state index contributed by atoms with van der Waals surface area (Å²) in [5.41, 5.74) is 6.37. The van der Waals surface area contributed by atoms with Crippen LogP contribution in [-0.4, -0.2) is 19.9 Å². The maximum absolute atomic E-state index is 5.33. The summed E-state index contributed by atoms with van der Waals surface area (Å²) in [4.78, 5) is 17.3. The molecule has 19 heavy (non-hydrogen) atoms. The first kappa shape index (κ1) is 13.7. The highest BCUT2D eigenvalue weighted by molar-refractivity contribution is 7.99. The number of hydrazine groups is 1. The Balaban J connectivity index is 2.33. The van der Waals surface area contributed by atoms with Crippen molar-refractivity contribution in [3.05, 3.63) is 28.7 Å². The van der Waals surface area contributed by atoms with E-state index >= 15 is 0 Å². The van der Waals surface area contributed by atoms with E-state index in [0.29, 0.717) is 11.1 Å². The molecule has 2 heterocycles. The lowest BCUT2D eigenvalue weighted by Gasteiger charge is -2.07. The van der Waals surface area contributed by atoms with Crippen molar-refractivity contribution in [3.63, 3.8) is 0 Å². The molecule has 0 aliphatic carbocycles. The Kier molecular flexibility index (Phi) is 3.96. The predicted octanol–water partition coefficient (Wildman–Crippen LogP) is 1.94. The number of hydrogen-bond acceptors (Lipinski definition) is 7. The zero-order valence-electron chi connectivity index (χ0n) is 11.4. The van der Waals surface area contributed by atoms with Gasteiger partial charge in [-0.25, -0.2) is 25.8 Å². The van der Waals surface area contributed by atoms with Gasteiger partial charge in [0.1, 0.15) is 5.03 Å². The molecule has 0 aromatic carbocycles. The third-order valence-electron chi connectivity index (χ3n) is 2.77. The number of anilines is 1. The van der Waals surface area contributed by atoms with Gasteiger partial charge in [-0.15, -0.1) is 0 Å². The predicted molar refractivity (Wildman–Crippen MR) is 74.9 cm³/mol. The van der Waals surface area contributed by atoms with E-state index in [9.17, 15) is 0 Å². The van der Waals surface area contributed by atoms with Crippen molar-refractivity contribution in [3.8, 4) is 0 Å². The molecule has 0 aliphatic heterocycles. The molecule has 2 aromatic heterocycles. The van der Waals surface area contributed by atoms with Gasteiger partial charge in [-0.3, -0.25) is 5.43 Å². The molecule has 0 amide bonds. The van der Waals surface area contributed by atoms with Gasteiger partial charge in [-0.1, -0.05) is 0 Å². The van der Waals surface area contributed by atoms with Crippen molar-refractivity contribution >= 4 is 17.7 Å². The normalized spacial score (nSPS) is 10.6. The maximum atomic E-state index is 5.33. The molecule has 0 radical (unpaired) electrons. The molecule has 0 bridgehead atoms. The first-order chi connectivity index (χ1) is 8.99. The van der Waals surface area contributed by atoms with Gasteiger partial charge in [0, 0.05) is 17.1 Å². The molecular formula is C12H16N6S. The van der Waals surface area contributed by atoms with Crippen molar-refractivity contribution in [2.45, 2.75) is 37.9 Å². The molecule has 7 heteroatoms. The smallest absolute Gasteiger partial charge is 0.238 e. The lowest BCUT2D eigenvalue weighted by Crippen LogP contribution is -2.11. The average molecular weight is 276 g/mol. The second-order valence-corrected chi connectivity index (χ2v) is 5.21. The molecule has 2 rings (SSSR count). The molecule has 100 valence electrons. The van der Waals surface area contributed by atoms with Gasteiger partial charge in [0.15, 0.2) is 5.16 Å².